The molecule has 28 heavy (non-hydrogen) atoms. The van der Waals surface area contributed by atoms with Crippen molar-refractivity contribution in [2.45, 2.75) is 32.2 Å². The summed E-state index contributed by atoms with van der Waals surface area (Å²) in [6, 6.07) is 3.62. The molecule has 2 aromatic rings. The molecule has 1 saturated heterocycles. The third kappa shape index (κ3) is 3.21. The van der Waals surface area contributed by atoms with Crippen LogP contribution < -0.4 is 5.43 Å². The number of rotatable bonds is 4. The Morgan fingerprint density at radius 2 is 2.07 bits per heavy atom. The van der Waals surface area contributed by atoms with Gasteiger partial charge in [0.25, 0.3) is 5.91 Å². The van der Waals surface area contributed by atoms with Gasteiger partial charge in [-0.1, -0.05) is 0 Å². The molecule has 1 fully saturated rings. The van der Waals surface area contributed by atoms with Crippen LogP contribution in [0.25, 0.3) is 6.08 Å². The van der Waals surface area contributed by atoms with Crippen molar-refractivity contribution in [1.82, 2.24) is 15.3 Å². The topological polar surface area (TPSA) is 82.9 Å². The molecular weight excluding hydrogens is 356 g/mol. The lowest BCUT2D eigenvalue weighted by molar-refractivity contribution is -0.116. The Labute approximate surface area is 163 Å². The Hall–Kier alpha value is -2.64. The van der Waals surface area contributed by atoms with Crippen molar-refractivity contribution in [3.63, 3.8) is 0 Å². The molecule has 7 nitrogen and oxygen atoms in total. The Bertz CT molecular complexity index is 933. The lowest BCUT2D eigenvalue weighted by atomic mass is 9.93. The van der Waals surface area contributed by atoms with Crippen LogP contribution in [0.15, 0.2) is 33.5 Å². The van der Waals surface area contributed by atoms with Crippen LogP contribution in [0.2, 0.25) is 0 Å². The van der Waals surface area contributed by atoms with Crippen LogP contribution in [0, 0.1) is 0 Å². The summed E-state index contributed by atoms with van der Waals surface area (Å²) in [6.07, 6.45) is 8.13. The first-order chi connectivity index (χ1) is 13.8. The van der Waals surface area contributed by atoms with Gasteiger partial charge in [0.05, 0.1) is 25.1 Å². The van der Waals surface area contributed by atoms with Gasteiger partial charge in [-0.2, -0.15) is 5.10 Å². The molecule has 1 amide bonds. The number of aromatic nitrogens is 1. The van der Waals surface area contributed by atoms with Crippen LogP contribution in [0.5, 0.6) is 0 Å². The van der Waals surface area contributed by atoms with Crippen molar-refractivity contribution in [3.8, 4) is 0 Å². The van der Waals surface area contributed by atoms with Crippen molar-refractivity contribution in [2.75, 3.05) is 26.3 Å². The van der Waals surface area contributed by atoms with Gasteiger partial charge in [-0.3, -0.25) is 9.69 Å². The SMILES string of the molecule is O=C1NN=C(c2ccco2)/C1=C\c1[nH]c2c(c1CN1CCOCC1)CCCC2. The van der Waals surface area contributed by atoms with E-state index in [1.54, 1.807) is 12.3 Å². The summed E-state index contributed by atoms with van der Waals surface area (Å²) in [7, 11) is 0. The van der Waals surface area contributed by atoms with Crippen LogP contribution in [-0.4, -0.2) is 47.8 Å². The minimum absolute atomic E-state index is 0.198. The van der Waals surface area contributed by atoms with Gasteiger partial charge in [-0.15, -0.1) is 0 Å². The molecule has 4 heterocycles. The predicted octanol–water partition coefficient (Wildman–Crippen LogP) is 2.24. The molecule has 5 rings (SSSR count). The van der Waals surface area contributed by atoms with E-state index < -0.39 is 0 Å². The number of H-pyrrole nitrogens is 1. The average Bonchev–Trinajstić information content (AvgIpc) is 3.44. The molecule has 0 spiro atoms. The van der Waals surface area contributed by atoms with E-state index in [0.717, 1.165) is 51.4 Å². The summed E-state index contributed by atoms with van der Waals surface area (Å²) >= 11 is 0. The molecule has 0 aromatic carbocycles. The number of carbonyl (C=O) groups is 1. The molecule has 1 aliphatic carbocycles. The highest BCUT2D eigenvalue weighted by atomic mass is 16.5. The van der Waals surface area contributed by atoms with Crippen molar-refractivity contribution < 1.29 is 13.9 Å². The molecule has 2 aliphatic heterocycles. The summed E-state index contributed by atoms with van der Waals surface area (Å²) in [5, 5.41) is 4.18. The standard InChI is InChI=1S/C21H24N4O3/c26-21-15(20(23-24-21)19-6-3-9-28-19)12-18-16(13-25-7-10-27-11-8-25)14-4-1-2-5-17(14)22-18/h3,6,9,12,22H,1-2,4-5,7-8,10-11,13H2,(H,24,26)/b15-12+. The zero-order chi connectivity index (χ0) is 18.9. The minimum Gasteiger partial charge on any atom is -0.463 e. The van der Waals surface area contributed by atoms with E-state index in [0.29, 0.717) is 17.0 Å². The molecule has 7 heteroatoms. The normalized spacial score (nSPS) is 21.6. The number of furan rings is 1. The fraction of sp³-hybridized carbons (Fsp3) is 0.429. The number of ether oxygens (including phenoxy) is 1. The number of nitrogens with one attached hydrogen (secondary N) is 2. The van der Waals surface area contributed by atoms with Crippen molar-refractivity contribution in [1.29, 1.82) is 0 Å². The average molecular weight is 380 g/mol. The summed E-state index contributed by atoms with van der Waals surface area (Å²) in [4.78, 5) is 18.5. The third-order valence-corrected chi connectivity index (χ3v) is 5.74. The Kier molecular flexibility index (Phi) is 4.62. The molecule has 0 radical (unpaired) electrons. The lowest BCUT2D eigenvalue weighted by Gasteiger charge is -2.27. The molecule has 0 bridgehead atoms. The fourth-order valence-corrected chi connectivity index (χ4v) is 4.28. The highest BCUT2D eigenvalue weighted by Crippen LogP contribution is 2.30. The van der Waals surface area contributed by atoms with Crippen LogP contribution in [0.3, 0.4) is 0 Å². The fourth-order valence-electron chi connectivity index (χ4n) is 4.28. The number of carbonyl (C=O) groups excluding carboxylic acids is 1. The zero-order valence-corrected chi connectivity index (χ0v) is 15.8. The molecular formula is C21H24N4O3. The maximum absolute atomic E-state index is 12.5. The van der Waals surface area contributed by atoms with Crippen LogP contribution in [-0.2, 0) is 28.9 Å². The lowest BCUT2D eigenvalue weighted by Crippen LogP contribution is -2.36. The summed E-state index contributed by atoms with van der Waals surface area (Å²) in [5.41, 5.74) is 8.74. The number of aromatic amines is 1. The van der Waals surface area contributed by atoms with Gasteiger partial charge < -0.3 is 14.1 Å². The third-order valence-electron chi connectivity index (χ3n) is 5.74. The van der Waals surface area contributed by atoms with Gasteiger partial charge in [0.15, 0.2) is 5.76 Å². The predicted molar refractivity (Wildman–Crippen MR) is 105 cm³/mol. The number of nitrogens with zero attached hydrogens (tertiary/aromatic N) is 2. The van der Waals surface area contributed by atoms with E-state index in [9.17, 15) is 4.79 Å². The number of amides is 1. The van der Waals surface area contributed by atoms with Crippen LogP contribution in [0.1, 0.15) is 41.1 Å². The van der Waals surface area contributed by atoms with Crippen molar-refractivity contribution in [3.05, 3.63) is 52.2 Å². The Morgan fingerprint density at radius 3 is 2.89 bits per heavy atom. The highest BCUT2D eigenvalue weighted by Gasteiger charge is 2.28. The van der Waals surface area contributed by atoms with Gasteiger partial charge in [-0.25, -0.2) is 5.43 Å². The van der Waals surface area contributed by atoms with E-state index in [1.165, 1.54) is 29.7 Å². The summed E-state index contributed by atoms with van der Waals surface area (Å²) in [5.74, 6) is 0.395. The maximum Gasteiger partial charge on any atom is 0.273 e. The van der Waals surface area contributed by atoms with Gasteiger partial charge in [-0.05, 0) is 55.0 Å². The van der Waals surface area contributed by atoms with Gasteiger partial charge in [0, 0.05) is 31.0 Å². The van der Waals surface area contributed by atoms with E-state index in [4.69, 9.17) is 9.15 Å². The van der Waals surface area contributed by atoms with Gasteiger partial charge >= 0.3 is 0 Å². The number of morpholine rings is 1. The van der Waals surface area contributed by atoms with Gasteiger partial charge in [0.2, 0.25) is 0 Å². The number of fused-ring (bicyclic) bond motifs is 1. The zero-order valence-electron chi connectivity index (χ0n) is 15.8. The number of hydrogen-bond donors (Lipinski definition) is 2. The number of aryl methyl sites for hydroxylation is 1. The van der Waals surface area contributed by atoms with Crippen LogP contribution in [0.4, 0.5) is 0 Å². The maximum atomic E-state index is 12.5. The monoisotopic (exact) mass is 380 g/mol. The molecule has 3 aliphatic rings. The molecule has 0 atom stereocenters. The van der Waals surface area contributed by atoms with Crippen molar-refractivity contribution in [2.24, 2.45) is 5.10 Å². The highest BCUT2D eigenvalue weighted by molar-refractivity contribution is 6.32. The first kappa shape index (κ1) is 17.5. The largest absolute Gasteiger partial charge is 0.463 e. The summed E-state index contributed by atoms with van der Waals surface area (Å²) < 4.78 is 11.0. The second-order valence-electron chi connectivity index (χ2n) is 7.51. The Balaban J connectivity index is 1.53. The molecule has 2 N–H and O–H groups in total. The molecule has 146 valence electrons. The molecule has 2 aromatic heterocycles. The minimum atomic E-state index is -0.198. The first-order valence-electron chi connectivity index (χ1n) is 9.96. The quantitative estimate of drug-likeness (QED) is 0.797. The molecule has 0 saturated carbocycles. The van der Waals surface area contributed by atoms with E-state index >= 15 is 0 Å². The van der Waals surface area contributed by atoms with E-state index in [1.807, 2.05) is 12.1 Å². The summed E-state index contributed by atoms with van der Waals surface area (Å²) in [6.45, 7) is 4.32. The van der Waals surface area contributed by atoms with E-state index in [-0.39, 0.29) is 5.91 Å². The second-order valence-corrected chi connectivity index (χ2v) is 7.51. The molecule has 0 unspecified atom stereocenters. The van der Waals surface area contributed by atoms with Gasteiger partial charge in [0.1, 0.15) is 5.71 Å². The number of hydrogen-bond acceptors (Lipinski definition) is 5. The Morgan fingerprint density at radius 1 is 1.21 bits per heavy atom. The second kappa shape index (κ2) is 7.41. The smallest absolute Gasteiger partial charge is 0.273 e. The number of hydrazone groups is 1. The van der Waals surface area contributed by atoms with Crippen LogP contribution >= 0.6 is 0 Å². The van der Waals surface area contributed by atoms with Crippen molar-refractivity contribution >= 4 is 17.7 Å². The van der Waals surface area contributed by atoms with E-state index in [2.05, 4.69) is 20.4 Å². The first-order valence-corrected chi connectivity index (χ1v) is 9.96.